The minimum Gasteiger partial charge on any atom is -0.391 e. The number of benzene rings is 2. The van der Waals surface area contributed by atoms with E-state index in [1.165, 1.54) is 6.92 Å². The molecule has 2 aromatic carbocycles. The van der Waals surface area contributed by atoms with Gasteiger partial charge in [-0.15, -0.1) is 0 Å². The van der Waals surface area contributed by atoms with E-state index in [2.05, 4.69) is 22.5 Å². The second-order valence-corrected chi connectivity index (χ2v) is 7.37. The van der Waals surface area contributed by atoms with Crippen LogP contribution >= 0.6 is 0 Å². The number of amides is 2. The number of ketones is 1. The molecule has 32 heavy (non-hydrogen) atoms. The molecule has 0 saturated carbocycles. The Bertz CT molecular complexity index is 986. The topological polar surface area (TPSA) is 116 Å². The van der Waals surface area contributed by atoms with Gasteiger partial charge in [0.1, 0.15) is 12.6 Å². The van der Waals surface area contributed by atoms with Crippen LogP contribution in [0.5, 0.6) is 0 Å². The van der Waals surface area contributed by atoms with Crippen molar-refractivity contribution in [3.05, 3.63) is 65.2 Å². The van der Waals surface area contributed by atoms with Gasteiger partial charge >= 0.3 is 0 Å². The summed E-state index contributed by atoms with van der Waals surface area (Å²) < 4.78 is 0. The molecule has 2 atom stereocenters. The molecule has 0 spiro atoms. The molecule has 0 bridgehead atoms. The fourth-order valence-corrected chi connectivity index (χ4v) is 2.84. The molecule has 2 rings (SSSR count). The van der Waals surface area contributed by atoms with Crippen molar-refractivity contribution in [3.8, 4) is 11.8 Å². The van der Waals surface area contributed by atoms with Crippen molar-refractivity contribution in [2.24, 2.45) is 0 Å². The first kappa shape index (κ1) is 24.8. The van der Waals surface area contributed by atoms with Gasteiger partial charge in [-0.1, -0.05) is 25.2 Å². The Morgan fingerprint density at radius 1 is 0.969 bits per heavy atom. The average molecular weight is 437 g/mol. The quantitative estimate of drug-likeness (QED) is 0.450. The molecule has 0 aliphatic carbocycles. The smallest absolute Gasteiger partial charge is 0.251 e. The van der Waals surface area contributed by atoms with Gasteiger partial charge in [-0.05, 0) is 61.9 Å². The molecular formula is C25H28N2O5. The first-order chi connectivity index (χ1) is 15.3. The highest BCUT2D eigenvalue weighted by Crippen LogP contribution is 2.11. The summed E-state index contributed by atoms with van der Waals surface area (Å²) in [6.07, 6.45) is 1.21. The molecule has 7 heteroatoms. The molecule has 0 aliphatic heterocycles. The Hall–Kier alpha value is -3.47. The molecule has 4 N–H and O–H groups in total. The average Bonchev–Trinajstić information content (AvgIpc) is 2.80. The highest BCUT2D eigenvalue weighted by atomic mass is 16.3. The van der Waals surface area contributed by atoms with Crippen LogP contribution < -0.4 is 10.6 Å². The molecule has 0 aromatic heterocycles. The van der Waals surface area contributed by atoms with E-state index in [1.54, 1.807) is 36.4 Å². The van der Waals surface area contributed by atoms with Crippen molar-refractivity contribution in [2.75, 3.05) is 11.9 Å². The second-order valence-electron chi connectivity index (χ2n) is 7.37. The SMILES string of the molecule is CCCCC(=O)Nc1ccc(C#Cc2ccc(C(=O)N[C@H](C(=O)CO)[C@@H](C)O)cc2)cc1. The molecule has 0 fully saturated rings. The fraction of sp³-hybridized carbons (Fsp3) is 0.320. The molecule has 168 valence electrons. The first-order valence-corrected chi connectivity index (χ1v) is 10.5. The minimum atomic E-state index is -1.17. The predicted octanol–water partition coefficient (Wildman–Crippen LogP) is 2.26. The minimum absolute atomic E-state index is 0.00435. The third kappa shape index (κ3) is 7.65. The summed E-state index contributed by atoms with van der Waals surface area (Å²) in [5.74, 6) is 4.83. The summed E-state index contributed by atoms with van der Waals surface area (Å²) in [6.45, 7) is 2.64. The maximum atomic E-state index is 12.3. The molecule has 7 nitrogen and oxygen atoms in total. The molecule has 0 unspecified atom stereocenters. The van der Waals surface area contributed by atoms with Crippen LogP contribution in [0.4, 0.5) is 5.69 Å². The third-order valence-corrected chi connectivity index (χ3v) is 4.70. The number of hydrogen-bond acceptors (Lipinski definition) is 5. The predicted molar refractivity (Wildman–Crippen MR) is 122 cm³/mol. The van der Waals surface area contributed by atoms with Crippen molar-refractivity contribution in [1.29, 1.82) is 0 Å². The van der Waals surface area contributed by atoms with Crippen LogP contribution in [0.2, 0.25) is 0 Å². The molecule has 0 radical (unpaired) electrons. The van der Waals surface area contributed by atoms with Crippen LogP contribution in [-0.2, 0) is 9.59 Å². The Kier molecular flexibility index (Phi) is 9.61. The van der Waals surface area contributed by atoms with E-state index in [4.69, 9.17) is 5.11 Å². The van der Waals surface area contributed by atoms with Crippen molar-refractivity contribution >= 4 is 23.3 Å². The van der Waals surface area contributed by atoms with Crippen LogP contribution in [0.15, 0.2) is 48.5 Å². The van der Waals surface area contributed by atoms with Crippen LogP contribution in [0.25, 0.3) is 0 Å². The van der Waals surface area contributed by atoms with Gasteiger partial charge in [0.25, 0.3) is 5.91 Å². The van der Waals surface area contributed by atoms with Crippen molar-refractivity contribution in [2.45, 2.75) is 45.3 Å². The van der Waals surface area contributed by atoms with Gasteiger partial charge < -0.3 is 20.8 Å². The number of carbonyl (C=O) groups excluding carboxylic acids is 3. The number of anilines is 1. The summed E-state index contributed by atoms with van der Waals surface area (Å²) in [5.41, 5.74) is 2.50. The zero-order valence-corrected chi connectivity index (χ0v) is 18.2. The highest BCUT2D eigenvalue weighted by molar-refractivity contribution is 5.98. The molecule has 2 amide bonds. The fourth-order valence-electron chi connectivity index (χ4n) is 2.84. The van der Waals surface area contributed by atoms with E-state index in [0.717, 1.165) is 24.1 Å². The summed E-state index contributed by atoms with van der Waals surface area (Å²) in [5, 5.41) is 23.9. The summed E-state index contributed by atoms with van der Waals surface area (Å²) in [7, 11) is 0. The van der Waals surface area contributed by atoms with Crippen LogP contribution in [-0.4, -0.2) is 46.6 Å². The highest BCUT2D eigenvalue weighted by Gasteiger charge is 2.25. The lowest BCUT2D eigenvalue weighted by Crippen LogP contribution is -2.48. The Balaban J connectivity index is 1.99. The van der Waals surface area contributed by atoms with Crippen molar-refractivity contribution in [3.63, 3.8) is 0 Å². The zero-order chi connectivity index (χ0) is 23.5. The van der Waals surface area contributed by atoms with Crippen LogP contribution in [0.3, 0.4) is 0 Å². The van der Waals surface area contributed by atoms with E-state index < -0.39 is 30.4 Å². The van der Waals surface area contributed by atoms with E-state index in [1.807, 2.05) is 19.1 Å². The Morgan fingerprint density at radius 3 is 2.03 bits per heavy atom. The summed E-state index contributed by atoms with van der Waals surface area (Å²) in [4.78, 5) is 35.7. The maximum Gasteiger partial charge on any atom is 0.251 e. The normalized spacial score (nSPS) is 12.1. The van der Waals surface area contributed by atoms with Gasteiger partial charge in [0.15, 0.2) is 5.78 Å². The van der Waals surface area contributed by atoms with Crippen LogP contribution in [0, 0.1) is 11.8 Å². The van der Waals surface area contributed by atoms with Crippen molar-refractivity contribution in [1.82, 2.24) is 5.32 Å². The number of carbonyl (C=O) groups is 3. The lowest BCUT2D eigenvalue weighted by Gasteiger charge is -2.19. The molecule has 2 aromatic rings. The van der Waals surface area contributed by atoms with E-state index in [0.29, 0.717) is 17.5 Å². The number of rotatable bonds is 9. The number of aliphatic hydroxyl groups is 2. The monoisotopic (exact) mass is 436 g/mol. The lowest BCUT2D eigenvalue weighted by molar-refractivity contribution is -0.126. The van der Waals surface area contributed by atoms with Crippen molar-refractivity contribution < 1.29 is 24.6 Å². The lowest BCUT2D eigenvalue weighted by atomic mass is 10.1. The third-order valence-electron chi connectivity index (χ3n) is 4.70. The first-order valence-electron chi connectivity index (χ1n) is 10.5. The number of unbranched alkanes of at least 4 members (excludes halogenated alkanes) is 1. The molecule has 0 aliphatic rings. The van der Waals surface area contributed by atoms with E-state index >= 15 is 0 Å². The van der Waals surface area contributed by atoms with Gasteiger partial charge in [-0.2, -0.15) is 0 Å². The number of Topliss-reactive ketones (excluding diaryl/α,β-unsaturated/α-hetero) is 1. The Labute approximate surface area is 187 Å². The molecule has 0 heterocycles. The van der Waals surface area contributed by atoms with E-state index in [9.17, 15) is 19.5 Å². The van der Waals surface area contributed by atoms with Gasteiger partial charge in [-0.25, -0.2) is 0 Å². The van der Waals surface area contributed by atoms with E-state index in [-0.39, 0.29) is 5.91 Å². The maximum absolute atomic E-state index is 12.3. The zero-order valence-electron chi connectivity index (χ0n) is 18.2. The van der Waals surface area contributed by atoms with Gasteiger partial charge in [0.2, 0.25) is 5.91 Å². The van der Waals surface area contributed by atoms with Gasteiger partial charge in [0.05, 0.1) is 6.10 Å². The summed E-state index contributed by atoms with van der Waals surface area (Å²) >= 11 is 0. The number of aliphatic hydroxyl groups excluding tert-OH is 2. The van der Waals surface area contributed by atoms with Gasteiger partial charge in [-0.3, -0.25) is 14.4 Å². The molecular weight excluding hydrogens is 408 g/mol. The van der Waals surface area contributed by atoms with Crippen LogP contribution in [0.1, 0.15) is 54.6 Å². The van der Waals surface area contributed by atoms with Gasteiger partial charge in [0, 0.05) is 28.8 Å². The number of hydrogen-bond donors (Lipinski definition) is 4. The largest absolute Gasteiger partial charge is 0.391 e. The molecule has 0 saturated heterocycles. The number of nitrogens with one attached hydrogen (secondary N) is 2. The Morgan fingerprint density at radius 2 is 1.53 bits per heavy atom. The standard InChI is InChI=1S/C25H28N2O5/c1-3-4-5-23(31)26-21-14-10-19(11-15-21)7-6-18-8-12-20(13-9-18)25(32)27-24(17(2)29)22(30)16-28/h8-15,17,24,28-29H,3-5,16H2,1-2H3,(H,26,31)(H,27,32)/t17-,24+/m1/s1. The second kappa shape index (κ2) is 12.4. The summed E-state index contributed by atoms with van der Waals surface area (Å²) in [6, 6.07) is 12.5.